The summed E-state index contributed by atoms with van der Waals surface area (Å²) in [6.45, 7) is 1.68. The van der Waals surface area contributed by atoms with Gasteiger partial charge in [0, 0.05) is 25.5 Å². The molecule has 0 aliphatic carbocycles. The molecule has 0 spiro atoms. The van der Waals surface area contributed by atoms with Crippen molar-refractivity contribution in [2.45, 2.75) is 13.0 Å². The van der Waals surface area contributed by atoms with E-state index >= 15 is 0 Å². The Morgan fingerprint density at radius 2 is 2.28 bits per heavy atom. The molecule has 92 valence electrons. The number of anilines is 1. The minimum atomic E-state index is 0.632. The van der Waals surface area contributed by atoms with Crippen LogP contribution < -0.4 is 5.32 Å². The average molecular weight is 244 g/mol. The van der Waals surface area contributed by atoms with E-state index in [0.29, 0.717) is 5.65 Å². The molecule has 3 heterocycles. The van der Waals surface area contributed by atoms with Gasteiger partial charge in [-0.15, -0.1) is 5.10 Å². The lowest BCUT2D eigenvalue weighted by Crippen LogP contribution is -2.10. The fraction of sp³-hybridized carbons (Fsp3) is 0.300. The molecule has 0 amide bonds. The van der Waals surface area contributed by atoms with E-state index in [1.807, 2.05) is 16.9 Å². The first-order chi connectivity index (χ1) is 8.93. The van der Waals surface area contributed by atoms with Crippen LogP contribution in [0.4, 0.5) is 5.82 Å². The summed E-state index contributed by atoms with van der Waals surface area (Å²) in [6.07, 6.45) is 8.01. The highest BCUT2D eigenvalue weighted by atomic mass is 15.5. The lowest BCUT2D eigenvalue weighted by Gasteiger charge is -2.06. The van der Waals surface area contributed by atoms with E-state index in [9.17, 15) is 0 Å². The molecule has 0 atom stereocenters. The van der Waals surface area contributed by atoms with E-state index in [1.165, 1.54) is 0 Å². The van der Waals surface area contributed by atoms with Crippen LogP contribution in [0.1, 0.15) is 6.42 Å². The van der Waals surface area contributed by atoms with Crippen molar-refractivity contribution in [2.24, 2.45) is 0 Å². The highest BCUT2D eigenvalue weighted by Gasteiger charge is 2.02. The maximum Gasteiger partial charge on any atom is 0.199 e. The number of nitrogens with zero attached hydrogens (tertiary/aromatic N) is 7. The normalized spacial score (nSPS) is 10.9. The maximum absolute atomic E-state index is 4.14. The molecular weight excluding hydrogens is 232 g/mol. The second-order valence-corrected chi connectivity index (χ2v) is 3.79. The number of tetrazole rings is 1. The molecule has 0 saturated heterocycles. The van der Waals surface area contributed by atoms with Crippen LogP contribution >= 0.6 is 0 Å². The molecule has 1 N–H and O–H groups in total. The predicted molar refractivity (Wildman–Crippen MR) is 63.9 cm³/mol. The number of aryl methyl sites for hydroxylation is 1. The first-order valence-corrected chi connectivity index (χ1v) is 5.67. The summed E-state index contributed by atoms with van der Waals surface area (Å²) < 4.78 is 3.53. The standard InChI is InChI=1S/C10H12N8/c1(5-17-6-2-4-13-17)3-12-9-7-11-8-10-14-15-16-18(9)10/h2,4,6-8,12H,1,3,5H2. The predicted octanol–water partition coefficient (Wildman–Crippen LogP) is 0.218. The Labute approximate surface area is 103 Å². The van der Waals surface area contributed by atoms with E-state index in [4.69, 9.17) is 0 Å². The molecule has 0 aliphatic heterocycles. The van der Waals surface area contributed by atoms with E-state index < -0.39 is 0 Å². The SMILES string of the molecule is c1cnn(CCCNc2cncc3nnnn23)c1. The largest absolute Gasteiger partial charge is 0.369 e. The Bertz CT molecular complexity index is 614. The van der Waals surface area contributed by atoms with Gasteiger partial charge in [-0.1, -0.05) is 0 Å². The van der Waals surface area contributed by atoms with Crippen LogP contribution in [0, 0.1) is 0 Å². The summed E-state index contributed by atoms with van der Waals surface area (Å²) in [5, 5.41) is 18.7. The van der Waals surface area contributed by atoms with Crippen molar-refractivity contribution in [1.29, 1.82) is 0 Å². The number of nitrogens with one attached hydrogen (secondary N) is 1. The Hall–Kier alpha value is -2.51. The lowest BCUT2D eigenvalue weighted by atomic mass is 10.4. The molecule has 8 nitrogen and oxygen atoms in total. The minimum Gasteiger partial charge on any atom is -0.369 e. The van der Waals surface area contributed by atoms with Gasteiger partial charge < -0.3 is 5.32 Å². The molecule has 3 aromatic heterocycles. The number of rotatable bonds is 5. The molecule has 0 aromatic carbocycles. The van der Waals surface area contributed by atoms with E-state index in [2.05, 4.69) is 30.9 Å². The van der Waals surface area contributed by atoms with Crippen molar-refractivity contribution >= 4 is 11.5 Å². The quantitative estimate of drug-likeness (QED) is 0.646. The molecule has 0 bridgehead atoms. The summed E-state index contributed by atoms with van der Waals surface area (Å²) in [7, 11) is 0. The van der Waals surface area contributed by atoms with Crippen LogP contribution in [0.5, 0.6) is 0 Å². The third-order valence-corrected chi connectivity index (χ3v) is 2.54. The second-order valence-electron chi connectivity index (χ2n) is 3.79. The zero-order valence-electron chi connectivity index (χ0n) is 9.64. The summed E-state index contributed by atoms with van der Waals surface area (Å²) in [6, 6.07) is 1.92. The second kappa shape index (κ2) is 4.78. The fourth-order valence-electron chi connectivity index (χ4n) is 1.69. The van der Waals surface area contributed by atoms with Gasteiger partial charge in [0.25, 0.3) is 0 Å². The number of aromatic nitrogens is 7. The molecule has 0 fully saturated rings. The molecule has 0 saturated carbocycles. The van der Waals surface area contributed by atoms with Crippen molar-refractivity contribution in [3.63, 3.8) is 0 Å². The average Bonchev–Trinajstić information content (AvgIpc) is 3.05. The van der Waals surface area contributed by atoms with Gasteiger partial charge >= 0.3 is 0 Å². The monoisotopic (exact) mass is 244 g/mol. The lowest BCUT2D eigenvalue weighted by molar-refractivity contribution is 0.591. The fourth-order valence-corrected chi connectivity index (χ4v) is 1.69. The Morgan fingerprint density at radius 1 is 1.28 bits per heavy atom. The Morgan fingerprint density at radius 3 is 3.17 bits per heavy atom. The highest BCUT2D eigenvalue weighted by Crippen LogP contribution is 2.05. The number of fused-ring (bicyclic) bond motifs is 1. The van der Waals surface area contributed by atoms with Gasteiger partial charge in [0.05, 0.1) is 12.4 Å². The molecule has 18 heavy (non-hydrogen) atoms. The minimum absolute atomic E-state index is 0.632. The van der Waals surface area contributed by atoms with E-state index in [-0.39, 0.29) is 0 Å². The molecular formula is C10H12N8. The first kappa shape index (κ1) is 10.6. The third kappa shape index (κ3) is 2.12. The molecule has 0 aliphatic rings. The van der Waals surface area contributed by atoms with Crippen molar-refractivity contribution in [3.05, 3.63) is 30.9 Å². The van der Waals surface area contributed by atoms with Crippen LogP contribution in [0.25, 0.3) is 5.65 Å². The third-order valence-electron chi connectivity index (χ3n) is 2.54. The van der Waals surface area contributed by atoms with Crippen LogP contribution in [0.2, 0.25) is 0 Å². The Kier molecular flexibility index (Phi) is 2.82. The molecule has 0 radical (unpaired) electrons. The smallest absolute Gasteiger partial charge is 0.199 e. The van der Waals surface area contributed by atoms with Crippen LogP contribution in [0.3, 0.4) is 0 Å². The molecule has 0 unspecified atom stereocenters. The van der Waals surface area contributed by atoms with E-state index in [0.717, 1.165) is 25.3 Å². The van der Waals surface area contributed by atoms with Gasteiger partial charge in [-0.05, 0) is 22.9 Å². The van der Waals surface area contributed by atoms with Gasteiger partial charge in [-0.25, -0.2) is 0 Å². The molecule has 3 rings (SSSR count). The van der Waals surface area contributed by atoms with E-state index in [1.54, 1.807) is 23.1 Å². The molecule has 8 heteroatoms. The Balaban J connectivity index is 1.58. The van der Waals surface area contributed by atoms with Crippen LogP contribution in [-0.4, -0.2) is 41.4 Å². The summed E-state index contributed by atoms with van der Waals surface area (Å²) in [5.74, 6) is 0.790. The van der Waals surface area contributed by atoms with Crippen molar-refractivity contribution < 1.29 is 0 Å². The summed E-state index contributed by atoms with van der Waals surface area (Å²) in [5.41, 5.74) is 0.632. The van der Waals surface area contributed by atoms with Gasteiger partial charge in [-0.2, -0.15) is 9.61 Å². The van der Waals surface area contributed by atoms with Crippen molar-refractivity contribution in [2.75, 3.05) is 11.9 Å². The van der Waals surface area contributed by atoms with Crippen LogP contribution in [-0.2, 0) is 6.54 Å². The zero-order chi connectivity index (χ0) is 12.2. The highest BCUT2D eigenvalue weighted by molar-refractivity contribution is 5.43. The van der Waals surface area contributed by atoms with Gasteiger partial charge in [0.1, 0.15) is 5.82 Å². The number of hydrogen-bond acceptors (Lipinski definition) is 6. The number of hydrogen-bond donors (Lipinski definition) is 1. The van der Waals surface area contributed by atoms with Gasteiger partial charge in [-0.3, -0.25) is 9.67 Å². The van der Waals surface area contributed by atoms with Gasteiger partial charge in [0.15, 0.2) is 5.65 Å². The topological polar surface area (TPSA) is 85.8 Å². The summed E-state index contributed by atoms with van der Waals surface area (Å²) in [4.78, 5) is 4.07. The van der Waals surface area contributed by atoms with Crippen LogP contribution in [0.15, 0.2) is 30.9 Å². The zero-order valence-corrected chi connectivity index (χ0v) is 9.64. The van der Waals surface area contributed by atoms with Crippen molar-refractivity contribution in [1.82, 2.24) is 34.8 Å². The summed E-state index contributed by atoms with van der Waals surface area (Å²) >= 11 is 0. The van der Waals surface area contributed by atoms with Crippen molar-refractivity contribution in [3.8, 4) is 0 Å². The first-order valence-electron chi connectivity index (χ1n) is 5.67. The maximum atomic E-state index is 4.14. The molecule has 3 aromatic rings. The van der Waals surface area contributed by atoms with Gasteiger partial charge in [0.2, 0.25) is 0 Å².